The van der Waals surface area contributed by atoms with Crippen molar-refractivity contribution in [3.8, 4) is 11.3 Å². The number of benzene rings is 1. The molecule has 19 heavy (non-hydrogen) atoms. The molecular weight excluding hydrogens is 317 g/mol. The Morgan fingerprint density at radius 1 is 1.58 bits per heavy atom. The highest BCUT2D eigenvalue weighted by Crippen LogP contribution is 2.25. The van der Waals surface area contributed by atoms with Gasteiger partial charge in [0.05, 0.1) is 11.9 Å². The molecule has 1 aromatic heterocycles. The first-order chi connectivity index (χ1) is 9.02. The van der Waals surface area contributed by atoms with E-state index in [4.69, 9.17) is 5.11 Å². The van der Waals surface area contributed by atoms with E-state index in [2.05, 4.69) is 31.2 Å². The maximum atomic E-state index is 13.7. The predicted molar refractivity (Wildman–Crippen MR) is 71.1 cm³/mol. The van der Waals surface area contributed by atoms with Crippen molar-refractivity contribution in [3.05, 3.63) is 40.5 Å². The molecule has 2 rings (SSSR count). The van der Waals surface area contributed by atoms with Crippen LogP contribution < -0.4 is 5.32 Å². The molecule has 7 heteroatoms. The largest absolute Gasteiger partial charge is 0.480 e. The Hall–Kier alpha value is -1.73. The van der Waals surface area contributed by atoms with Crippen molar-refractivity contribution < 1.29 is 14.3 Å². The van der Waals surface area contributed by atoms with Gasteiger partial charge in [0.1, 0.15) is 11.6 Å². The van der Waals surface area contributed by atoms with Crippen LogP contribution in [0, 0.1) is 5.82 Å². The third kappa shape index (κ3) is 2.82. The molecule has 0 aliphatic carbocycles. The zero-order valence-electron chi connectivity index (χ0n) is 9.95. The summed E-state index contributed by atoms with van der Waals surface area (Å²) in [4.78, 5) is 17.8. The molecule has 100 valence electrons. The molecule has 1 atom stereocenters. The molecule has 0 radical (unpaired) electrons. The minimum absolute atomic E-state index is 0.226. The average molecular weight is 328 g/mol. The molecule has 0 spiro atoms. The first-order valence-corrected chi connectivity index (χ1v) is 6.22. The predicted octanol–water partition coefficient (Wildman–Crippen LogP) is 2.32. The fraction of sp³-hybridized carbons (Fsp3) is 0.167. The lowest BCUT2D eigenvalue weighted by molar-refractivity contribution is -0.139. The van der Waals surface area contributed by atoms with Gasteiger partial charge in [0.25, 0.3) is 0 Å². The van der Waals surface area contributed by atoms with Crippen LogP contribution in [0.25, 0.3) is 11.3 Å². The van der Waals surface area contributed by atoms with Gasteiger partial charge in [0.15, 0.2) is 6.04 Å². The minimum Gasteiger partial charge on any atom is -0.480 e. The van der Waals surface area contributed by atoms with Crippen molar-refractivity contribution in [2.24, 2.45) is 0 Å². The highest BCUT2D eigenvalue weighted by molar-refractivity contribution is 9.10. The van der Waals surface area contributed by atoms with Crippen LogP contribution in [0.15, 0.2) is 28.9 Å². The number of aromatic amines is 1. The number of halogens is 2. The Morgan fingerprint density at radius 3 is 2.95 bits per heavy atom. The molecule has 2 aromatic rings. The molecular formula is C12H11BrFN3O2. The number of aliphatic carboxylic acids is 1. The second kappa shape index (κ2) is 5.50. The van der Waals surface area contributed by atoms with Crippen molar-refractivity contribution >= 4 is 21.9 Å². The summed E-state index contributed by atoms with van der Waals surface area (Å²) in [7, 11) is 1.51. The summed E-state index contributed by atoms with van der Waals surface area (Å²) in [5, 5.41) is 11.6. The van der Waals surface area contributed by atoms with E-state index < -0.39 is 17.8 Å². The number of H-pyrrole nitrogens is 1. The van der Waals surface area contributed by atoms with E-state index in [9.17, 15) is 9.18 Å². The number of hydrogen-bond acceptors (Lipinski definition) is 3. The Morgan fingerprint density at radius 2 is 2.32 bits per heavy atom. The summed E-state index contributed by atoms with van der Waals surface area (Å²) < 4.78 is 14.4. The van der Waals surface area contributed by atoms with E-state index in [1.165, 1.54) is 19.3 Å². The molecule has 0 aliphatic heterocycles. The summed E-state index contributed by atoms with van der Waals surface area (Å²) in [5.74, 6) is -1.24. The van der Waals surface area contributed by atoms with Gasteiger partial charge in [-0.2, -0.15) is 0 Å². The first kappa shape index (κ1) is 13.7. The number of carbonyl (C=O) groups is 1. The monoisotopic (exact) mass is 327 g/mol. The van der Waals surface area contributed by atoms with Crippen LogP contribution in [-0.2, 0) is 4.79 Å². The van der Waals surface area contributed by atoms with Crippen LogP contribution in [0.2, 0.25) is 0 Å². The van der Waals surface area contributed by atoms with E-state index in [0.717, 1.165) is 4.47 Å². The van der Waals surface area contributed by atoms with E-state index in [1.54, 1.807) is 12.1 Å². The standard InChI is InChI=1S/C12H11BrFN3O2/c1-15-10(12(18)19)11-16-5-9(17-11)7-4-6(13)2-3-8(7)14/h2-5,10,15H,1H3,(H,16,17)(H,18,19). The minimum atomic E-state index is -1.06. The Balaban J connectivity index is 2.40. The molecule has 0 aliphatic rings. The topological polar surface area (TPSA) is 78.0 Å². The highest BCUT2D eigenvalue weighted by atomic mass is 79.9. The van der Waals surface area contributed by atoms with Crippen molar-refractivity contribution in [2.75, 3.05) is 7.05 Å². The van der Waals surface area contributed by atoms with Gasteiger partial charge in [0, 0.05) is 10.0 Å². The molecule has 0 saturated carbocycles. The quantitative estimate of drug-likeness (QED) is 0.805. The number of carboxylic acid groups (broad SMARTS) is 1. The second-order valence-corrected chi connectivity index (χ2v) is 4.78. The SMILES string of the molecule is CNC(C(=O)O)c1ncc(-c2cc(Br)ccc2F)[nH]1. The maximum absolute atomic E-state index is 13.7. The number of imidazole rings is 1. The number of nitrogens with zero attached hydrogens (tertiary/aromatic N) is 1. The van der Waals surface area contributed by atoms with Crippen molar-refractivity contribution in [2.45, 2.75) is 6.04 Å². The molecule has 0 saturated heterocycles. The van der Waals surface area contributed by atoms with Gasteiger partial charge in [-0.15, -0.1) is 0 Å². The molecule has 3 N–H and O–H groups in total. The summed E-state index contributed by atoms with van der Waals surface area (Å²) in [5.41, 5.74) is 0.753. The van der Waals surface area contributed by atoms with E-state index in [1.807, 2.05) is 0 Å². The summed E-state index contributed by atoms with van der Waals surface area (Å²) in [6.45, 7) is 0. The molecule has 0 fully saturated rings. The maximum Gasteiger partial charge on any atom is 0.328 e. The lowest BCUT2D eigenvalue weighted by Crippen LogP contribution is -2.26. The molecule has 0 amide bonds. The fourth-order valence-electron chi connectivity index (χ4n) is 1.70. The van der Waals surface area contributed by atoms with E-state index >= 15 is 0 Å². The fourth-order valence-corrected chi connectivity index (χ4v) is 2.06. The highest BCUT2D eigenvalue weighted by Gasteiger charge is 2.21. The summed E-state index contributed by atoms with van der Waals surface area (Å²) >= 11 is 3.26. The van der Waals surface area contributed by atoms with E-state index in [-0.39, 0.29) is 5.82 Å². The number of rotatable bonds is 4. The van der Waals surface area contributed by atoms with Gasteiger partial charge in [-0.05, 0) is 25.2 Å². The summed E-state index contributed by atoms with van der Waals surface area (Å²) in [6, 6.07) is 3.56. The van der Waals surface area contributed by atoms with Crippen molar-refractivity contribution in [3.63, 3.8) is 0 Å². The van der Waals surface area contributed by atoms with Crippen LogP contribution in [-0.4, -0.2) is 28.1 Å². The molecule has 1 heterocycles. The number of aromatic nitrogens is 2. The third-order valence-electron chi connectivity index (χ3n) is 2.62. The lowest BCUT2D eigenvalue weighted by Gasteiger charge is -2.07. The Kier molecular flexibility index (Phi) is 3.96. The van der Waals surface area contributed by atoms with Crippen molar-refractivity contribution in [1.29, 1.82) is 0 Å². The van der Waals surface area contributed by atoms with Gasteiger partial charge in [-0.3, -0.25) is 4.79 Å². The lowest BCUT2D eigenvalue weighted by atomic mass is 10.1. The van der Waals surface area contributed by atoms with Crippen molar-refractivity contribution in [1.82, 2.24) is 15.3 Å². The van der Waals surface area contributed by atoms with E-state index in [0.29, 0.717) is 11.3 Å². The average Bonchev–Trinajstić information content (AvgIpc) is 2.82. The van der Waals surface area contributed by atoms with Crippen LogP contribution in [0.5, 0.6) is 0 Å². The normalized spacial score (nSPS) is 12.4. The van der Waals surface area contributed by atoms with Gasteiger partial charge in [0.2, 0.25) is 0 Å². The van der Waals surface area contributed by atoms with Crippen LogP contribution in [0.3, 0.4) is 0 Å². The molecule has 0 bridgehead atoms. The summed E-state index contributed by atoms with van der Waals surface area (Å²) in [6.07, 6.45) is 1.41. The molecule has 5 nitrogen and oxygen atoms in total. The van der Waals surface area contributed by atoms with Gasteiger partial charge < -0.3 is 15.4 Å². The Bertz CT molecular complexity index is 615. The Labute approximate surface area is 117 Å². The molecule has 1 aromatic carbocycles. The zero-order valence-corrected chi connectivity index (χ0v) is 11.5. The van der Waals surface area contributed by atoms with Crippen LogP contribution >= 0.6 is 15.9 Å². The van der Waals surface area contributed by atoms with Gasteiger partial charge >= 0.3 is 5.97 Å². The number of hydrogen-bond donors (Lipinski definition) is 3. The van der Waals surface area contributed by atoms with Gasteiger partial charge in [-0.25, -0.2) is 9.37 Å². The first-order valence-electron chi connectivity index (χ1n) is 5.43. The second-order valence-electron chi connectivity index (χ2n) is 3.87. The zero-order chi connectivity index (χ0) is 14.0. The number of carboxylic acids is 1. The van der Waals surface area contributed by atoms with Gasteiger partial charge in [-0.1, -0.05) is 15.9 Å². The number of nitrogens with one attached hydrogen (secondary N) is 2. The molecule has 1 unspecified atom stereocenters. The number of likely N-dealkylation sites (N-methyl/N-ethyl adjacent to an activating group) is 1. The van der Waals surface area contributed by atoms with Crippen LogP contribution in [0.4, 0.5) is 4.39 Å². The third-order valence-corrected chi connectivity index (χ3v) is 3.12. The smallest absolute Gasteiger partial charge is 0.328 e. The van der Waals surface area contributed by atoms with Crippen LogP contribution in [0.1, 0.15) is 11.9 Å².